The second kappa shape index (κ2) is 9.73. The van der Waals surface area contributed by atoms with Gasteiger partial charge in [-0.1, -0.05) is 127 Å². The smallest absolute Gasteiger partial charge is 0.156 e. The van der Waals surface area contributed by atoms with Crippen LogP contribution in [0.4, 0.5) is 0 Å². The highest BCUT2D eigenvalue weighted by molar-refractivity contribution is 6.32. The van der Waals surface area contributed by atoms with Crippen LogP contribution in [-0.4, -0.2) is 29.0 Å². The first-order valence-corrected chi connectivity index (χ1v) is 13.1. The Morgan fingerprint density at radius 1 is 0.632 bits per heavy atom. The highest BCUT2D eigenvalue weighted by atomic mass is 28.1. The number of nitrogens with zero attached hydrogens (tertiary/aromatic N) is 2. The lowest BCUT2D eigenvalue weighted by atomic mass is 9.67. The summed E-state index contributed by atoms with van der Waals surface area (Å²) in [5, 5.41) is 1.04. The molecule has 0 aliphatic heterocycles. The predicted octanol–water partition coefficient (Wildman–Crippen LogP) is 5.63. The third-order valence-electron chi connectivity index (χ3n) is 7.31. The molecule has 38 heavy (non-hydrogen) atoms. The van der Waals surface area contributed by atoms with Gasteiger partial charge in [0.05, 0.1) is 15.7 Å². The van der Waals surface area contributed by atoms with Crippen molar-refractivity contribution in [2.45, 2.75) is 5.41 Å². The summed E-state index contributed by atoms with van der Waals surface area (Å²) in [5.41, 5.74) is 15.1. The SMILES string of the molecule is CN=C(N=C(N)c1ccccc1)c1cccc(C2(c3cccc([Si])c3)c3ccccc3-c3ccccc32)c1. The largest absolute Gasteiger partial charge is 0.383 e. The highest BCUT2D eigenvalue weighted by Gasteiger charge is 2.46. The van der Waals surface area contributed by atoms with Crippen LogP contribution >= 0.6 is 0 Å². The van der Waals surface area contributed by atoms with Crippen molar-refractivity contribution in [1.82, 2.24) is 0 Å². The summed E-state index contributed by atoms with van der Waals surface area (Å²) in [6.07, 6.45) is 0. The molecule has 0 atom stereocenters. The lowest BCUT2D eigenvalue weighted by Gasteiger charge is -2.34. The van der Waals surface area contributed by atoms with Crippen LogP contribution in [0.1, 0.15) is 33.4 Å². The summed E-state index contributed by atoms with van der Waals surface area (Å²) in [6.45, 7) is 0. The van der Waals surface area contributed by atoms with Crippen LogP contribution in [0.25, 0.3) is 11.1 Å². The van der Waals surface area contributed by atoms with Crippen molar-refractivity contribution in [3.8, 4) is 11.1 Å². The first-order chi connectivity index (χ1) is 18.6. The van der Waals surface area contributed by atoms with E-state index >= 15 is 0 Å². The molecule has 0 bridgehead atoms. The van der Waals surface area contributed by atoms with Gasteiger partial charge in [-0.05, 0) is 39.4 Å². The van der Waals surface area contributed by atoms with Gasteiger partial charge in [-0.3, -0.25) is 4.99 Å². The van der Waals surface area contributed by atoms with Crippen LogP contribution in [0.5, 0.6) is 0 Å². The summed E-state index contributed by atoms with van der Waals surface area (Å²) in [6, 6.07) is 44.4. The minimum Gasteiger partial charge on any atom is -0.383 e. The summed E-state index contributed by atoms with van der Waals surface area (Å²) in [5.74, 6) is 1.03. The Morgan fingerprint density at radius 2 is 1.18 bits per heavy atom. The van der Waals surface area contributed by atoms with E-state index < -0.39 is 5.41 Å². The van der Waals surface area contributed by atoms with Gasteiger partial charge in [0.25, 0.3) is 0 Å². The van der Waals surface area contributed by atoms with Crippen molar-refractivity contribution in [2.75, 3.05) is 7.05 Å². The van der Waals surface area contributed by atoms with Crippen LogP contribution in [0, 0.1) is 0 Å². The van der Waals surface area contributed by atoms with E-state index in [0.29, 0.717) is 11.7 Å². The second-order valence-electron chi connectivity index (χ2n) is 9.41. The van der Waals surface area contributed by atoms with Crippen LogP contribution in [0.15, 0.2) is 137 Å². The van der Waals surface area contributed by atoms with Gasteiger partial charge in [0.2, 0.25) is 0 Å². The van der Waals surface area contributed by atoms with E-state index in [2.05, 4.69) is 112 Å². The number of nitrogens with two attached hydrogens (primary N) is 1. The Hall–Kier alpha value is -4.54. The average Bonchev–Trinajstić information content (AvgIpc) is 3.27. The zero-order valence-electron chi connectivity index (χ0n) is 21.1. The van der Waals surface area contributed by atoms with Crippen molar-refractivity contribution in [3.63, 3.8) is 0 Å². The second-order valence-corrected chi connectivity index (χ2v) is 9.99. The molecular formula is C34H26N3Si. The maximum Gasteiger partial charge on any atom is 0.156 e. The highest BCUT2D eigenvalue weighted by Crippen LogP contribution is 2.55. The molecule has 5 aromatic rings. The van der Waals surface area contributed by atoms with Gasteiger partial charge in [-0.25, -0.2) is 4.99 Å². The van der Waals surface area contributed by atoms with Gasteiger partial charge < -0.3 is 5.73 Å². The minimum atomic E-state index is -0.501. The van der Waals surface area contributed by atoms with Crippen LogP contribution in [0.2, 0.25) is 0 Å². The van der Waals surface area contributed by atoms with Crippen LogP contribution in [-0.2, 0) is 5.41 Å². The summed E-state index contributed by atoms with van der Waals surface area (Å²) < 4.78 is 0. The van der Waals surface area contributed by atoms with Gasteiger partial charge >= 0.3 is 0 Å². The molecule has 3 radical (unpaired) electrons. The molecule has 6 rings (SSSR count). The minimum absolute atomic E-state index is 0.439. The van der Waals surface area contributed by atoms with Crippen molar-refractivity contribution in [3.05, 3.63) is 161 Å². The zero-order valence-corrected chi connectivity index (χ0v) is 22.1. The van der Waals surface area contributed by atoms with Gasteiger partial charge in [-0.15, -0.1) is 0 Å². The van der Waals surface area contributed by atoms with E-state index in [1.807, 2.05) is 30.3 Å². The van der Waals surface area contributed by atoms with Crippen LogP contribution < -0.4 is 10.9 Å². The van der Waals surface area contributed by atoms with Crippen molar-refractivity contribution >= 4 is 27.1 Å². The third-order valence-corrected chi connectivity index (χ3v) is 7.62. The fraction of sp³-hybridized carbons (Fsp3) is 0.0588. The van der Waals surface area contributed by atoms with Gasteiger partial charge in [0, 0.05) is 18.2 Å². The maximum atomic E-state index is 6.39. The number of aliphatic imine (C=N–C) groups is 2. The lowest BCUT2D eigenvalue weighted by Crippen LogP contribution is -2.30. The molecule has 0 saturated carbocycles. The molecular weight excluding hydrogens is 478 g/mol. The molecule has 181 valence electrons. The fourth-order valence-corrected chi connectivity index (χ4v) is 5.95. The number of rotatable bonds is 4. The van der Waals surface area contributed by atoms with Crippen molar-refractivity contribution < 1.29 is 0 Å². The molecule has 0 spiro atoms. The van der Waals surface area contributed by atoms with Gasteiger partial charge in [-0.2, -0.15) is 0 Å². The number of hydrogen-bond donors (Lipinski definition) is 1. The molecule has 3 nitrogen and oxygen atoms in total. The molecule has 0 amide bonds. The number of benzene rings is 5. The Bertz CT molecular complexity index is 1660. The first kappa shape index (κ1) is 23.8. The Kier molecular flexibility index (Phi) is 6.10. The van der Waals surface area contributed by atoms with Crippen LogP contribution in [0.3, 0.4) is 0 Å². The molecule has 5 aromatic carbocycles. The lowest BCUT2D eigenvalue weighted by molar-refractivity contribution is 0.769. The Labute approximate surface area is 226 Å². The molecule has 0 unspecified atom stereocenters. The molecule has 0 saturated heterocycles. The van der Waals surface area contributed by atoms with E-state index in [4.69, 9.17) is 10.7 Å². The first-order valence-electron chi connectivity index (χ1n) is 12.6. The van der Waals surface area contributed by atoms with E-state index in [1.54, 1.807) is 7.05 Å². The third kappa shape index (κ3) is 3.82. The Balaban J connectivity index is 1.60. The molecule has 4 heteroatoms. The topological polar surface area (TPSA) is 50.7 Å². The van der Waals surface area contributed by atoms with E-state index in [-0.39, 0.29) is 0 Å². The molecule has 0 heterocycles. The monoisotopic (exact) mass is 504 g/mol. The number of amidine groups is 2. The number of fused-ring (bicyclic) bond motifs is 3. The van der Waals surface area contributed by atoms with Gasteiger partial charge in [0.15, 0.2) is 5.84 Å². The Morgan fingerprint density at radius 3 is 1.82 bits per heavy atom. The molecule has 1 aliphatic carbocycles. The van der Waals surface area contributed by atoms with E-state index in [0.717, 1.165) is 21.9 Å². The number of hydrogen-bond acceptors (Lipinski definition) is 1. The summed E-state index contributed by atoms with van der Waals surface area (Å²) >= 11 is 0. The van der Waals surface area contributed by atoms with E-state index in [9.17, 15) is 0 Å². The van der Waals surface area contributed by atoms with Crippen molar-refractivity contribution in [2.24, 2.45) is 15.7 Å². The summed E-state index contributed by atoms with van der Waals surface area (Å²) in [7, 11) is 5.55. The zero-order chi connectivity index (χ0) is 26.1. The fourth-order valence-electron chi connectivity index (χ4n) is 5.70. The molecule has 2 N–H and O–H groups in total. The van der Waals surface area contributed by atoms with Crippen molar-refractivity contribution in [1.29, 1.82) is 0 Å². The quantitative estimate of drug-likeness (QED) is 0.189. The predicted molar refractivity (Wildman–Crippen MR) is 159 cm³/mol. The average molecular weight is 505 g/mol. The molecule has 0 aromatic heterocycles. The van der Waals surface area contributed by atoms with E-state index in [1.165, 1.54) is 27.8 Å². The van der Waals surface area contributed by atoms with Gasteiger partial charge in [0.1, 0.15) is 5.84 Å². The summed E-state index contributed by atoms with van der Waals surface area (Å²) in [4.78, 5) is 9.27. The standard InChI is InChI=1S/C34H26N3Si/c1-36-33(37-32(35)23-11-3-2-4-12-23)24-13-9-14-25(21-24)34(26-15-10-16-27(38)22-26)30-19-7-5-17-28(30)29-18-6-8-20-31(29)34/h2-22H,1H3,(H2,35,36,37). The maximum absolute atomic E-state index is 6.39. The normalized spacial score (nSPS) is 14.2. The molecule has 0 fully saturated rings. The molecule has 1 aliphatic rings.